The van der Waals surface area contributed by atoms with E-state index in [2.05, 4.69) is 30.9 Å². The number of hydrogen-bond donors (Lipinski definition) is 4. The summed E-state index contributed by atoms with van der Waals surface area (Å²) in [7, 11) is 1.52. The van der Waals surface area contributed by atoms with Crippen LogP contribution in [0.25, 0.3) is 0 Å². The second-order valence-corrected chi connectivity index (χ2v) is 13.3. The Morgan fingerprint density at radius 3 is 2.35 bits per heavy atom. The number of ketones is 1. The van der Waals surface area contributed by atoms with Crippen LogP contribution in [-0.2, 0) is 16.6 Å². The molecule has 0 aliphatic heterocycles. The molecule has 244 valence electrons. The van der Waals surface area contributed by atoms with Gasteiger partial charge in [0.2, 0.25) is 0 Å². The zero-order valence-electron chi connectivity index (χ0n) is 27.1. The van der Waals surface area contributed by atoms with Crippen molar-refractivity contribution >= 4 is 5.78 Å². The highest BCUT2D eigenvalue weighted by atomic mass is 16.5. The van der Waals surface area contributed by atoms with Gasteiger partial charge in [0, 0.05) is 41.9 Å². The van der Waals surface area contributed by atoms with Crippen LogP contribution in [0, 0.1) is 29.6 Å². The first-order valence-corrected chi connectivity index (χ1v) is 16.9. The average Bonchev–Trinajstić information content (AvgIpc) is 3.56. The maximum absolute atomic E-state index is 14.6. The van der Waals surface area contributed by atoms with Crippen molar-refractivity contribution in [3.8, 4) is 34.8 Å². The Labute approximate surface area is 273 Å². The lowest BCUT2D eigenvalue weighted by molar-refractivity contribution is -0.130. The Morgan fingerprint density at radius 1 is 0.913 bits per heavy atom. The maximum Gasteiger partial charge on any atom is 0.160 e. The third kappa shape index (κ3) is 7.21. The molecule has 0 spiro atoms. The Morgan fingerprint density at radius 2 is 1.65 bits per heavy atom. The molecule has 0 saturated heterocycles. The largest absolute Gasteiger partial charge is 0.504 e. The summed E-state index contributed by atoms with van der Waals surface area (Å²) in [5.74, 6) is 5.88. The second kappa shape index (κ2) is 15.1. The van der Waals surface area contributed by atoms with E-state index in [1.165, 1.54) is 13.2 Å². The zero-order valence-corrected chi connectivity index (χ0v) is 27.1. The molecule has 6 heteroatoms. The van der Waals surface area contributed by atoms with E-state index in [-0.39, 0.29) is 47.2 Å². The molecule has 0 heterocycles. The van der Waals surface area contributed by atoms with Gasteiger partial charge in [0.15, 0.2) is 23.0 Å². The van der Waals surface area contributed by atoms with Gasteiger partial charge in [-0.25, -0.2) is 0 Å². The van der Waals surface area contributed by atoms with Crippen LogP contribution in [0.1, 0.15) is 93.7 Å². The van der Waals surface area contributed by atoms with Crippen molar-refractivity contribution in [1.82, 2.24) is 0 Å². The van der Waals surface area contributed by atoms with Crippen molar-refractivity contribution in [2.75, 3.05) is 7.11 Å². The average molecular weight is 625 g/mol. The number of phenolic OH excluding ortho intramolecular Hbond substituents is 3. The molecule has 5 rings (SSSR count). The molecule has 5 atom stereocenters. The first-order chi connectivity index (χ1) is 22.3. The van der Waals surface area contributed by atoms with Crippen molar-refractivity contribution in [3.63, 3.8) is 0 Å². The summed E-state index contributed by atoms with van der Waals surface area (Å²) in [6.45, 7) is 2.14. The van der Waals surface area contributed by atoms with Crippen molar-refractivity contribution in [3.05, 3.63) is 83.4 Å². The van der Waals surface area contributed by atoms with Crippen molar-refractivity contribution < 1.29 is 30.0 Å². The Hall–Kier alpha value is -3.95. The van der Waals surface area contributed by atoms with E-state index in [0.717, 1.165) is 61.6 Å². The lowest BCUT2D eigenvalue weighted by atomic mass is 9.62. The molecule has 0 unspecified atom stereocenters. The molecular formula is C40H48O6. The van der Waals surface area contributed by atoms with Gasteiger partial charge < -0.3 is 25.2 Å². The van der Waals surface area contributed by atoms with Crippen LogP contribution in [0.4, 0.5) is 0 Å². The zero-order chi connectivity index (χ0) is 32.7. The van der Waals surface area contributed by atoms with E-state index in [0.29, 0.717) is 25.0 Å². The molecular weight excluding hydrogens is 576 g/mol. The predicted molar refractivity (Wildman–Crippen MR) is 180 cm³/mol. The highest BCUT2D eigenvalue weighted by Gasteiger charge is 2.49. The fourth-order valence-electron chi connectivity index (χ4n) is 8.02. The van der Waals surface area contributed by atoms with Crippen molar-refractivity contribution in [2.45, 2.75) is 95.0 Å². The summed E-state index contributed by atoms with van der Waals surface area (Å²) in [4.78, 5) is 14.6. The predicted octanol–water partition coefficient (Wildman–Crippen LogP) is 7.81. The van der Waals surface area contributed by atoms with E-state index in [4.69, 9.17) is 4.74 Å². The number of carbonyl (C=O) groups is 1. The molecule has 0 amide bonds. The van der Waals surface area contributed by atoms with Crippen molar-refractivity contribution in [2.24, 2.45) is 17.8 Å². The molecule has 1 saturated carbocycles. The molecule has 46 heavy (non-hydrogen) atoms. The van der Waals surface area contributed by atoms with Crippen LogP contribution in [0.2, 0.25) is 0 Å². The number of phenols is 3. The minimum absolute atomic E-state index is 0.0362. The Balaban J connectivity index is 1.63. The number of carbonyl (C=O) groups excluding carboxylic acids is 1. The number of rotatable bonds is 10. The van der Waals surface area contributed by atoms with Gasteiger partial charge in [0.25, 0.3) is 0 Å². The molecule has 6 nitrogen and oxygen atoms in total. The van der Waals surface area contributed by atoms with Gasteiger partial charge in [-0.1, -0.05) is 87.4 Å². The molecule has 2 aliphatic rings. The monoisotopic (exact) mass is 624 g/mol. The van der Waals surface area contributed by atoms with Crippen LogP contribution in [0.15, 0.2) is 66.7 Å². The van der Waals surface area contributed by atoms with Crippen LogP contribution in [-0.4, -0.2) is 39.4 Å². The molecule has 0 bridgehead atoms. The minimum Gasteiger partial charge on any atom is -0.504 e. The lowest BCUT2D eigenvalue weighted by Gasteiger charge is -2.43. The first-order valence-electron chi connectivity index (χ1n) is 16.9. The molecule has 4 N–H and O–H groups in total. The highest BCUT2D eigenvalue weighted by molar-refractivity contribution is 5.82. The van der Waals surface area contributed by atoms with Crippen LogP contribution >= 0.6 is 0 Å². The number of hydrogen-bond acceptors (Lipinski definition) is 6. The molecule has 0 aromatic heterocycles. The summed E-state index contributed by atoms with van der Waals surface area (Å²) >= 11 is 0. The fraction of sp³-hybridized carbons (Fsp3) is 0.475. The topological polar surface area (TPSA) is 107 Å². The van der Waals surface area contributed by atoms with Gasteiger partial charge in [-0.15, -0.1) is 5.92 Å². The van der Waals surface area contributed by atoms with E-state index in [9.17, 15) is 25.2 Å². The van der Waals surface area contributed by atoms with Gasteiger partial charge in [-0.2, -0.15) is 0 Å². The molecule has 2 aliphatic carbocycles. The summed E-state index contributed by atoms with van der Waals surface area (Å²) in [5, 5.41) is 43.3. The SMILES string of the molecule is CCCCC[C@@H]1C(=O)C[C@H](c2ccc(O)c(OC)c2)[C@@H](Cc2ccccc2)C#CC[C@@H](C2(c3ccc(O)c(O)c3)CCCC2)[C@H]1O. The van der Waals surface area contributed by atoms with Gasteiger partial charge in [-0.3, -0.25) is 4.79 Å². The number of benzene rings is 3. The van der Waals surface area contributed by atoms with Crippen LogP contribution in [0.5, 0.6) is 23.0 Å². The van der Waals surface area contributed by atoms with Crippen LogP contribution < -0.4 is 4.74 Å². The Kier molecular flexibility index (Phi) is 11.0. The summed E-state index contributed by atoms with van der Waals surface area (Å²) < 4.78 is 5.46. The van der Waals surface area contributed by atoms with E-state index < -0.39 is 17.4 Å². The molecule has 1 fully saturated rings. The third-order valence-corrected chi connectivity index (χ3v) is 10.6. The van der Waals surface area contributed by atoms with E-state index in [1.54, 1.807) is 12.1 Å². The van der Waals surface area contributed by atoms with Crippen LogP contribution in [0.3, 0.4) is 0 Å². The normalized spacial score (nSPS) is 24.6. The third-order valence-electron chi connectivity index (χ3n) is 10.6. The lowest BCUT2D eigenvalue weighted by Crippen LogP contribution is -2.46. The Bertz CT molecular complexity index is 1530. The van der Waals surface area contributed by atoms with E-state index in [1.807, 2.05) is 36.4 Å². The number of Topliss-reactive ketones (excluding diaryl/α,β-unsaturated/α-hetero) is 1. The van der Waals surface area contributed by atoms with E-state index >= 15 is 0 Å². The van der Waals surface area contributed by atoms with Crippen molar-refractivity contribution in [1.29, 1.82) is 0 Å². The maximum atomic E-state index is 14.6. The summed E-state index contributed by atoms with van der Waals surface area (Å²) in [6, 6.07) is 20.5. The first kappa shape index (κ1) is 33.4. The number of methoxy groups -OCH3 is 1. The highest BCUT2D eigenvalue weighted by Crippen LogP contribution is 2.52. The van der Waals surface area contributed by atoms with Gasteiger partial charge in [0.1, 0.15) is 5.78 Å². The number of unbranched alkanes of at least 4 members (excludes halogenated alkanes) is 2. The minimum atomic E-state index is -0.909. The quantitative estimate of drug-likeness (QED) is 0.104. The molecule has 0 radical (unpaired) electrons. The number of aliphatic hydroxyl groups excluding tert-OH is 1. The fourth-order valence-corrected chi connectivity index (χ4v) is 8.02. The number of aromatic hydroxyl groups is 3. The number of ether oxygens (including phenoxy) is 1. The van der Waals surface area contributed by atoms with Gasteiger partial charge in [0.05, 0.1) is 13.2 Å². The summed E-state index contributed by atoms with van der Waals surface area (Å²) in [5.41, 5.74) is 2.42. The van der Waals surface area contributed by atoms with Gasteiger partial charge >= 0.3 is 0 Å². The summed E-state index contributed by atoms with van der Waals surface area (Å²) in [6.07, 6.45) is 7.41. The number of aliphatic hydroxyl groups is 1. The smallest absolute Gasteiger partial charge is 0.160 e. The molecule has 3 aromatic rings. The second-order valence-electron chi connectivity index (χ2n) is 13.3. The van der Waals surface area contributed by atoms with Gasteiger partial charge in [-0.05, 0) is 66.6 Å². The standard InChI is InChI=1S/C40H48O6/c1-3-4-6-15-31-36(43)26-32(29-17-19-35(42)38(24-29)46-2)28(23-27-12-7-5-8-13-27)14-11-16-33(39(31)45)40(21-9-10-22-40)30-18-20-34(41)37(44)25-30/h5,7-8,12-13,17-20,24-25,28,31-33,39,41-42,44-45H,3-4,6,9-10,15-16,21-23,26H2,1-2H3/t28-,31-,32+,33-,39+/m1/s1. The molecule has 3 aromatic carbocycles.